The minimum Gasteiger partial charge on any atom is -0.333 e. The average molecular weight is 223 g/mol. The molecule has 0 spiro atoms. The molecule has 1 heteroatoms. The molecular formula is C15H29N. The van der Waals surface area contributed by atoms with Gasteiger partial charge in [-0.05, 0) is 14.0 Å². The van der Waals surface area contributed by atoms with Crippen LogP contribution < -0.4 is 5.73 Å². The quantitative estimate of drug-likeness (QED) is 0.745. The summed E-state index contributed by atoms with van der Waals surface area (Å²) in [5.74, 6) is 0. The van der Waals surface area contributed by atoms with Crippen molar-refractivity contribution in [3.63, 3.8) is 0 Å². The molecule has 0 bridgehead atoms. The Hall–Kier alpha value is -0.820. The molecule has 1 rings (SSSR count). The largest absolute Gasteiger partial charge is 0.333 e. The number of hydrogen-bond donors (Lipinski definition) is 1. The molecule has 0 radical (unpaired) electrons. The Labute approximate surface area is 102 Å². The molecule has 1 nitrogen and oxygen atoms in total. The van der Waals surface area contributed by atoms with Crippen LogP contribution in [-0.4, -0.2) is 7.05 Å². The molecule has 1 aromatic carbocycles. The summed E-state index contributed by atoms with van der Waals surface area (Å²) in [5.41, 5.74) is 5.82. The molecule has 16 heavy (non-hydrogen) atoms. The lowest BCUT2D eigenvalue weighted by atomic mass is 10.2. The van der Waals surface area contributed by atoms with Gasteiger partial charge in [0.05, 0.1) is 0 Å². The van der Waals surface area contributed by atoms with Crippen LogP contribution in [0, 0.1) is 6.92 Å². The SMILES string of the molecule is CCCCCCC.CN.Cc1ccccc1. The highest BCUT2D eigenvalue weighted by Gasteiger charge is 1.80. The third kappa shape index (κ3) is 15.6. The van der Waals surface area contributed by atoms with Crippen LogP contribution in [0.1, 0.15) is 51.5 Å². The van der Waals surface area contributed by atoms with E-state index in [1.807, 2.05) is 18.2 Å². The van der Waals surface area contributed by atoms with Gasteiger partial charge < -0.3 is 5.73 Å². The second-order valence-corrected chi connectivity index (χ2v) is 3.72. The van der Waals surface area contributed by atoms with Gasteiger partial charge in [0, 0.05) is 0 Å². The number of rotatable bonds is 4. The van der Waals surface area contributed by atoms with E-state index in [1.165, 1.54) is 44.7 Å². The highest BCUT2D eigenvalue weighted by atomic mass is 14.4. The highest BCUT2D eigenvalue weighted by Crippen LogP contribution is 2.00. The van der Waals surface area contributed by atoms with Crippen molar-refractivity contribution in [2.45, 2.75) is 52.9 Å². The Balaban J connectivity index is 0. The third-order valence-corrected chi connectivity index (χ3v) is 2.15. The van der Waals surface area contributed by atoms with Crippen molar-refractivity contribution < 1.29 is 0 Å². The lowest BCUT2D eigenvalue weighted by Gasteiger charge is -1.90. The Morgan fingerprint density at radius 2 is 1.25 bits per heavy atom. The molecule has 0 aliphatic carbocycles. The number of aryl methyl sites for hydroxylation is 1. The summed E-state index contributed by atoms with van der Waals surface area (Å²) >= 11 is 0. The van der Waals surface area contributed by atoms with Crippen LogP contribution in [-0.2, 0) is 0 Å². The zero-order valence-corrected chi connectivity index (χ0v) is 11.5. The summed E-state index contributed by atoms with van der Waals surface area (Å²) in [6.45, 7) is 6.57. The van der Waals surface area contributed by atoms with Crippen LogP contribution in [0.3, 0.4) is 0 Å². The topological polar surface area (TPSA) is 26.0 Å². The Morgan fingerprint density at radius 1 is 0.812 bits per heavy atom. The maximum Gasteiger partial charge on any atom is -0.0195 e. The molecule has 0 aliphatic heterocycles. The molecule has 0 heterocycles. The first kappa shape index (κ1) is 17.6. The molecule has 0 saturated heterocycles. The summed E-state index contributed by atoms with van der Waals surface area (Å²) in [7, 11) is 1.50. The van der Waals surface area contributed by atoms with E-state index < -0.39 is 0 Å². The lowest BCUT2D eigenvalue weighted by Crippen LogP contribution is -1.70. The second-order valence-electron chi connectivity index (χ2n) is 3.72. The van der Waals surface area contributed by atoms with Crippen LogP contribution in [0.5, 0.6) is 0 Å². The molecule has 0 aliphatic rings. The number of unbranched alkanes of at least 4 members (excludes halogenated alkanes) is 4. The molecule has 0 amide bonds. The minimum atomic E-state index is 1.32. The molecule has 1 aromatic rings. The van der Waals surface area contributed by atoms with Crippen LogP contribution in [0.15, 0.2) is 30.3 Å². The Kier molecular flexibility index (Phi) is 18.2. The van der Waals surface area contributed by atoms with E-state index in [-0.39, 0.29) is 0 Å². The van der Waals surface area contributed by atoms with E-state index >= 15 is 0 Å². The maximum absolute atomic E-state index is 4.50. The van der Waals surface area contributed by atoms with Crippen molar-refractivity contribution in [3.05, 3.63) is 35.9 Å². The van der Waals surface area contributed by atoms with E-state index in [9.17, 15) is 0 Å². The van der Waals surface area contributed by atoms with Gasteiger partial charge in [-0.2, -0.15) is 0 Å². The first-order chi connectivity index (χ1) is 7.81. The van der Waals surface area contributed by atoms with Crippen LogP contribution >= 0.6 is 0 Å². The van der Waals surface area contributed by atoms with E-state index in [4.69, 9.17) is 0 Å². The summed E-state index contributed by atoms with van der Waals surface area (Å²) in [4.78, 5) is 0. The maximum atomic E-state index is 4.50. The van der Waals surface area contributed by atoms with E-state index in [2.05, 4.69) is 38.6 Å². The van der Waals surface area contributed by atoms with Crippen molar-refractivity contribution in [1.82, 2.24) is 0 Å². The number of hydrogen-bond acceptors (Lipinski definition) is 1. The van der Waals surface area contributed by atoms with Crippen LogP contribution in [0.2, 0.25) is 0 Å². The zero-order chi connectivity index (χ0) is 12.6. The van der Waals surface area contributed by atoms with E-state index in [0.717, 1.165) is 0 Å². The second kappa shape index (κ2) is 16.6. The minimum absolute atomic E-state index is 1.32. The average Bonchev–Trinajstić information content (AvgIpc) is 2.34. The van der Waals surface area contributed by atoms with Gasteiger partial charge in [-0.25, -0.2) is 0 Å². The highest BCUT2D eigenvalue weighted by molar-refractivity contribution is 5.11. The molecular weight excluding hydrogens is 194 g/mol. The Morgan fingerprint density at radius 3 is 1.50 bits per heavy atom. The summed E-state index contributed by atoms with van der Waals surface area (Å²) < 4.78 is 0. The summed E-state index contributed by atoms with van der Waals surface area (Å²) in [5, 5.41) is 0. The summed E-state index contributed by atoms with van der Waals surface area (Å²) in [6, 6.07) is 10.3. The molecule has 0 fully saturated rings. The van der Waals surface area contributed by atoms with Gasteiger partial charge in [0.15, 0.2) is 0 Å². The van der Waals surface area contributed by atoms with Crippen LogP contribution in [0.25, 0.3) is 0 Å². The monoisotopic (exact) mass is 223 g/mol. The van der Waals surface area contributed by atoms with Gasteiger partial charge in [-0.3, -0.25) is 0 Å². The molecule has 0 unspecified atom stereocenters. The van der Waals surface area contributed by atoms with Gasteiger partial charge in [0.25, 0.3) is 0 Å². The van der Waals surface area contributed by atoms with E-state index in [1.54, 1.807) is 0 Å². The smallest absolute Gasteiger partial charge is 0.0195 e. The standard InChI is InChI=1S/C7H8.C7H16.CH5N/c1-7-5-3-2-4-6-7;1-3-5-7-6-4-2;1-2/h2-6H,1H3;3-7H2,1-2H3;2H2,1H3. The first-order valence-electron chi connectivity index (χ1n) is 6.40. The fraction of sp³-hybridized carbons (Fsp3) is 0.600. The van der Waals surface area contributed by atoms with E-state index in [0.29, 0.717) is 0 Å². The lowest BCUT2D eigenvalue weighted by molar-refractivity contribution is 0.656. The molecule has 0 atom stereocenters. The van der Waals surface area contributed by atoms with Crippen molar-refractivity contribution >= 4 is 0 Å². The van der Waals surface area contributed by atoms with Crippen molar-refractivity contribution in [1.29, 1.82) is 0 Å². The number of benzene rings is 1. The predicted octanol–water partition coefficient (Wildman–Crippen LogP) is 4.55. The molecule has 94 valence electrons. The Bertz CT molecular complexity index is 190. The molecule has 0 saturated carbocycles. The number of nitrogens with two attached hydrogens (primary N) is 1. The fourth-order valence-electron chi connectivity index (χ4n) is 1.21. The van der Waals surface area contributed by atoms with Gasteiger partial charge in [0.1, 0.15) is 0 Å². The summed E-state index contributed by atoms with van der Waals surface area (Å²) in [6.07, 6.45) is 7.01. The van der Waals surface area contributed by atoms with Gasteiger partial charge in [-0.15, -0.1) is 0 Å². The molecule has 2 N–H and O–H groups in total. The predicted molar refractivity (Wildman–Crippen MR) is 75.7 cm³/mol. The van der Waals surface area contributed by atoms with Gasteiger partial charge in [-0.1, -0.05) is 81.8 Å². The molecule has 0 aromatic heterocycles. The van der Waals surface area contributed by atoms with Crippen LogP contribution in [0.4, 0.5) is 0 Å². The van der Waals surface area contributed by atoms with Crippen molar-refractivity contribution in [3.8, 4) is 0 Å². The zero-order valence-electron chi connectivity index (χ0n) is 11.5. The first-order valence-corrected chi connectivity index (χ1v) is 6.40. The van der Waals surface area contributed by atoms with Crippen molar-refractivity contribution in [2.75, 3.05) is 7.05 Å². The normalized spacial score (nSPS) is 8.31. The van der Waals surface area contributed by atoms with Gasteiger partial charge >= 0.3 is 0 Å². The van der Waals surface area contributed by atoms with Crippen molar-refractivity contribution in [2.24, 2.45) is 5.73 Å². The fourth-order valence-corrected chi connectivity index (χ4v) is 1.21. The third-order valence-electron chi connectivity index (χ3n) is 2.15. The van der Waals surface area contributed by atoms with Gasteiger partial charge in [0.2, 0.25) is 0 Å².